The third kappa shape index (κ3) is 3.72. The molecule has 0 aromatic rings. The van der Waals surface area contributed by atoms with E-state index in [4.69, 9.17) is 5.11 Å². The Hall–Kier alpha value is -0.900. The predicted octanol–water partition coefficient (Wildman–Crippen LogP) is -0.538. The second-order valence-corrected chi connectivity index (χ2v) is 3.05. The lowest BCUT2D eigenvalue weighted by Crippen LogP contribution is -2.48. The number of carbonyl (C=O) groups is 2. The lowest BCUT2D eigenvalue weighted by atomic mass is 10.1. The van der Waals surface area contributed by atoms with Gasteiger partial charge in [0, 0.05) is 6.92 Å². The maximum atomic E-state index is 10.7. The summed E-state index contributed by atoms with van der Waals surface area (Å²) in [4.78, 5) is 21.2. The van der Waals surface area contributed by atoms with E-state index in [0.717, 1.165) is 0 Å². The number of Topliss-reactive ketones (excluding diaryl/α,β-unsaturated/α-hetero) is 1. The lowest BCUT2D eigenvalue weighted by molar-refractivity contribution is -0.138. The van der Waals surface area contributed by atoms with Crippen LogP contribution < -0.4 is 5.32 Å². The first kappa shape index (κ1) is 10.1. The zero-order chi connectivity index (χ0) is 9.07. The highest BCUT2D eigenvalue weighted by Gasteiger charge is 2.20. The fourth-order valence-corrected chi connectivity index (χ4v) is 0.435. The van der Waals surface area contributed by atoms with E-state index in [-0.39, 0.29) is 6.61 Å². The number of hydrogen-bond donors (Lipinski definition) is 2. The number of amides is 1. The minimum absolute atomic E-state index is 0.188. The Morgan fingerprint density at radius 3 is 2.18 bits per heavy atom. The molecule has 0 unspecified atom stereocenters. The van der Waals surface area contributed by atoms with Gasteiger partial charge in [0.25, 0.3) is 5.91 Å². The average molecular weight is 159 g/mol. The molecule has 0 atom stereocenters. The first-order valence-corrected chi connectivity index (χ1v) is 3.33. The van der Waals surface area contributed by atoms with Crippen LogP contribution >= 0.6 is 0 Å². The van der Waals surface area contributed by atoms with Crippen molar-refractivity contribution in [1.82, 2.24) is 5.32 Å². The van der Waals surface area contributed by atoms with Crippen molar-refractivity contribution in [3.8, 4) is 0 Å². The van der Waals surface area contributed by atoms with E-state index >= 15 is 0 Å². The smallest absolute Gasteiger partial charge is 0.287 e. The van der Waals surface area contributed by atoms with Gasteiger partial charge < -0.3 is 10.4 Å². The molecule has 0 aliphatic rings. The van der Waals surface area contributed by atoms with Crippen molar-refractivity contribution in [3.63, 3.8) is 0 Å². The molecule has 0 spiro atoms. The fourth-order valence-electron chi connectivity index (χ4n) is 0.435. The Bertz CT molecular complexity index is 175. The zero-order valence-electron chi connectivity index (χ0n) is 6.97. The van der Waals surface area contributed by atoms with E-state index in [1.54, 1.807) is 13.8 Å². The van der Waals surface area contributed by atoms with Crippen molar-refractivity contribution in [2.75, 3.05) is 6.61 Å². The summed E-state index contributed by atoms with van der Waals surface area (Å²) in [5.74, 6) is -1.21. The molecule has 2 N–H and O–H groups in total. The van der Waals surface area contributed by atoms with Crippen molar-refractivity contribution >= 4 is 11.7 Å². The summed E-state index contributed by atoms with van der Waals surface area (Å²) in [6, 6.07) is 0. The standard InChI is InChI=1S/C7H13NO3/c1-5(10)6(11)8-7(2,3)4-9/h9H,4H2,1-3H3,(H,8,11). The third-order valence-corrected chi connectivity index (χ3v) is 1.17. The molecule has 0 aliphatic heterocycles. The van der Waals surface area contributed by atoms with Gasteiger partial charge in [-0.2, -0.15) is 0 Å². The molecule has 0 saturated carbocycles. The number of rotatable bonds is 3. The van der Waals surface area contributed by atoms with Gasteiger partial charge in [0.2, 0.25) is 5.78 Å². The van der Waals surface area contributed by atoms with Gasteiger partial charge >= 0.3 is 0 Å². The number of aliphatic hydroxyl groups is 1. The molecule has 11 heavy (non-hydrogen) atoms. The molecule has 0 saturated heterocycles. The molecular formula is C7H13NO3. The van der Waals surface area contributed by atoms with Crippen molar-refractivity contribution in [2.24, 2.45) is 0 Å². The molecule has 0 aliphatic carbocycles. The van der Waals surface area contributed by atoms with Crippen LogP contribution in [0.1, 0.15) is 20.8 Å². The first-order chi connectivity index (χ1) is 4.89. The van der Waals surface area contributed by atoms with E-state index in [2.05, 4.69) is 5.32 Å². The lowest BCUT2D eigenvalue weighted by Gasteiger charge is -2.22. The fraction of sp³-hybridized carbons (Fsp3) is 0.714. The van der Waals surface area contributed by atoms with Crippen molar-refractivity contribution < 1.29 is 14.7 Å². The van der Waals surface area contributed by atoms with Gasteiger partial charge in [-0.15, -0.1) is 0 Å². The molecule has 1 amide bonds. The summed E-state index contributed by atoms with van der Waals surface area (Å²) in [7, 11) is 0. The zero-order valence-corrected chi connectivity index (χ0v) is 6.97. The van der Waals surface area contributed by atoms with E-state index in [9.17, 15) is 9.59 Å². The molecule has 0 radical (unpaired) electrons. The van der Waals surface area contributed by atoms with Crippen LogP contribution in [0.15, 0.2) is 0 Å². The number of aliphatic hydroxyl groups excluding tert-OH is 1. The quantitative estimate of drug-likeness (QED) is 0.544. The highest BCUT2D eigenvalue weighted by Crippen LogP contribution is 1.98. The largest absolute Gasteiger partial charge is 0.394 e. The van der Waals surface area contributed by atoms with Crippen molar-refractivity contribution in [3.05, 3.63) is 0 Å². The molecule has 0 rings (SSSR count). The number of nitrogens with one attached hydrogen (secondary N) is 1. The van der Waals surface area contributed by atoms with Crippen molar-refractivity contribution in [1.29, 1.82) is 0 Å². The summed E-state index contributed by atoms with van der Waals surface area (Å²) in [5.41, 5.74) is -0.719. The van der Waals surface area contributed by atoms with Gasteiger partial charge in [-0.1, -0.05) is 0 Å². The highest BCUT2D eigenvalue weighted by molar-refractivity contribution is 6.35. The molecule has 0 aromatic carbocycles. The van der Waals surface area contributed by atoms with Crippen LogP contribution in [0.25, 0.3) is 0 Å². The molecule has 0 fully saturated rings. The minimum Gasteiger partial charge on any atom is -0.394 e. The van der Waals surface area contributed by atoms with E-state index in [1.165, 1.54) is 6.92 Å². The van der Waals surface area contributed by atoms with Gasteiger partial charge in [-0.3, -0.25) is 9.59 Å². The molecule has 0 aromatic heterocycles. The maximum Gasteiger partial charge on any atom is 0.287 e. The Labute approximate surface area is 65.6 Å². The van der Waals surface area contributed by atoms with Crippen LogP contribution in [0.3, 0.4) is 0 Å². The number of hydrogen-bond acceptors (Lipinski definition) is 3. The second-order valence-electron chi connectivity index (χ2n) is 3.05. The SMILES string of the molecule is CC(=O)C(=O)NC(C)(C)CO. The van der Waals surface area contributed by atoms with Gasteiger partial charge in [0.05, 0.1) is 12.1 Å². The molecule has 4 heteroatoms. The predicted molar refractivity (Wildman–Crippen MR) is 40.0 cm³/mol. The van der Waals surface area contributed by atoms with Crippen LogP contribution in [-0.4, -0.2) is 28.9 Å². The average Bonchev–Trinajstić information content (AvgIpc) is 1.87. The summed E-state index contributed by atoms with van der Waals surface area (Å²) >= 11 is 0. The number of ketones is 1. The second kappa shape index (κ2) is 3.48. The Morgan fingerprint density at radius 2 is 1.91 bits per heavy atom. The normalized spacial score (nSPS) is 10.9. The van der Waals surface area contributed by atoms with E-state index < -0.39 is 17.2 Å². The van der Waals surface area contributed by atoms with Gasteiger partial charge in [0.1, 0.15) is 0 Å². The Kier molecular flexibility index (Phi) is 3.19. The van der Waals surface area contributed by atoms with Crippen LogP contribution in [0, 0.1) is 0 Å². The van der Waals surface area contributed by atoms with Crippen LogP contribution in [0.2, 0.25) is 0 Å². The summed E-state index contributed by atoms with van der Waals surface area (Å²) < 4.78 is 0. The Morgan fingerprint density at radius 1 is 1.45 bits per heavy atom. The molecule has 4 nitrogen and oxygen atoms in total. The molecular weight excluding hydrogens is 146 g/mol. The Balaban J connectivity index is 4.04. The molecule has 0 bridgehead atoms. The van der Waals surface area contributed by atoms with Gasteiger partial charge in [0.15, 0.2) is 0 Å². The van der Waals surface area contributed by atoms with Gasteiger partial charge in [-0.05, 0) is 13.8 Å². The summed E-state index contributed by atoms with van der Waals surface area (Å²) in [5, 5.41) is 11.1. The number of carbonyl (C=O) groups excluding carboxylic acids is 2. The van der Waals surface area contributed by atoms with Crippen LogP contribution in [0.5, 0.6) is 0 Å². The van der Waals surface area contributed by atoms with E-state index in [1.807, 2.05) is 0 Å². The summed E-state index contributed by atoms with van der Waals surface area (Å²) in [6.45, 7) is 4.26. The topological polar surface area (TPSA) is 66.4 Å². The van der Waals surface area contributed by atoms with Crippen LogP contribution in [0.4, 0.5) is 0 Å². The molecule has 0 heterocycles. The highest BCUT2D eigenvalue weighted by atomic mass is 16.3. The van der Waals surface area contributed by atoms with E-state index in [0.29, 0.717) is 0 Å². The van der Waals surface area contributed by atoms with Gasteiger partial charge in [-0.25, -0.2) is 0 Å². The first-order valence-electron chi connectivity index (χ1n) is 3.33. The van der Waals surface area contributed by atoms with Crippen LogP contribution in [-0.2, 0) is 9.59 Å². The van der Waals surface area contributed by atoms with Crippen molar-refractivity contribution in [2.45, 2.75) is 26.3 Å². The summed E-state index contributed by atoms with van der Waals surface area (Å²) in [6.07, 6.45) is 0. The maximum absolute atomic E-state index is 10.7. The minimum atomic E-state index is -0.719. The third-order valence-electron chi connectivity index (χ3n) is 1.17. The molecule has 64 valence electrons. The monoisotopic (exact) mass is 159 g/mol.